The van der Waals surface area contributed by atoms with Gasteiger partial charge in [-0.05, 0) is 11.6 Å². The second-order valence-corrected chi connectivity index (χ2v) is 8.41. The number of benzene rings is 1. The highest BCUT2D eigenvalue weighted by molar-refractivity contribution is 8.06. The van der Waals surface area contributed by atoms with E-state index in [9.17, 15) is 16.8 Å². The third kappa shape index (κ3) is 6.16. The Balaban J connectivity index is 2.85. The summed E-state index contributed by atoms with van der Waals surface area (Å²) in [6, 6.07) is 6.80. The van der Waals surface area contributed by atoms with Crippen LogP contribution in [0.2, 0.25) is 0 Å². The Morgan fingerprint density at radius 3 is 2.45 bits per heavy atom. The van der Waals surface area contributed by atoms with E-state index >= 15 is 0 Å². The Bertz CT molecular complexity index is 727. The van der Waals surface area contributed by atoms with Crippen molar-refractivity contribution in [3.63, 3.8) is 0 Å². The van der Waals surface area contributed by atoms with Gasteiger partial charge in [-0.1, -0.05) is 30.0 Å². The van der Waals surface area contributed by atoms with E-state index in [1.807, 2.05) is 0 Å². The van der Waals surface area contributed by atoms with E-state index in [1.54, 1.807) is 24.3 Å². The second kappa shape index (κ2) is 6.85. The molecule has 6 nitrogen and oxygen atoms in total. The number of sulfonamides is 1. The van der Waals surface area contributed by atoms with Gasteiger partial charge in [0.05, 0.1) is 0 Å². The third-order valence-corrected chi connectivity index (χ3v) is 5.71. The topological polar surface area (TPSA) is 101 Å². The summed E-state index contributed by atoms with van der Waals surface area (Å²) in [6.07, 6.45) is 0.854. The van der Waals surface area contributed by atoms with Gasteiger partial charge in [-0.2, -0.15) is 0 Å². The quantitative estimate of drug-likeness (QED) is 0.710. The van der Waals surface area contributed by atoms with Crippen LogP contribution in [0.1, 0.15) is 11.1 Å². The van der Waals surface area contributed by atoms with Crippen molar-refractivity contribution in [1.29, 1.82) is 0 Å². The molecule has 0 aromatic heterocycles. The fraction of sp³-hybridized carbons (Fsp3) is 0.333. The molecule has 8 heteroatoms. The summed E-state index contributed by atoms with van der Waals surface area (Å²) >= 11 is 0. The highest BCUT2D eigenvalue weighted by atomic mass is 32.3. The van der Waals surface area contributed by atoms with E-state index in [1.165, 1.54) is 0 Å². The van der Waals surface area contributed by atoms with Crippen molar-refractivity contribution in [3.05, 3.63) is 35.4 Å². The molecule has 1 rings (SSSR count). The van der Waals surface area contributed by atoms with Gasteiger partial charge in [0.15, 0.2) is 14.9 Å². The van der Waals surface area contributed by atoms with Crippen LogP contribution in [-0.4, -0.2) is 39.9 Å². The molecule has 0 radical (unpaired) electrons. The molecule has 0 aliphatic carbocycles. The van der Waals surface area contributed by atoms with Crippen LogP contribution in [0.25, 0.3) is 0 Å². The summed E-state index contributed by atoms with van der Waals surface area (Å²) in [4.78, 5) is 0. The first-order chi connectivity index (χ1) is 9.23. The highest BCUT2D eigenvalue weighted by Gasteiger charge is 2.17. The van der Waals surface area contributed by atoms with E-state index < -0.39 is 24.9 Å². The van der Waals surface area contributed by atoms with Crippen molar-refractivity contribution in [3.8, 4) is 11.8 Å². The van der Waals surface area contributed by atoms with Gasteiger partial charge in [-0.3, -0.25) is 0 Å². The smallest absolute Gasteiger partial charge is 0.226 e. The molecule has 0 fully saturated rings. The summed E-state index contributed by atoms with van der Waals surface area (Å²) in [6.45, 7) is -0.359. The van der Waals surface area contributed by atoms with E-state index in [2.05, 4.69) is 16.6 Å². The van der Waals surface area contributed by atoms with E-state index in [-0.39, 0.29) is 13.2 Å². The summed E-state index contributed by atoms with van der Waals surface area (Å²) in [5.41, 5.74) is 1.18. The Hall–Kier alpha value is -1.40. The Labute approximate surface area is 118 Å². The minimum atomic E-state index is -3.91. The molecule has 0 spiro atoms. The lowest BCUT2D eigenvalue weighted by Crippen LogP contribution is -2.29. The minimum absolute atomic E-state index is 0.0614. The summed E-state index contributed by atoms with van der Waals surface area (Å²) in [5.74, 6) is 5.17. The molecule has 0 aliphatic rings. The number of sulfone groups is 1. The van der Waals surface area contributed by atoms with Crippen LogP contribution in [0.3, 0.4) is 0 Å². The van der Waals surface area contributed by atoms with Crippen LogP contribution in [0.5, 0.6) is 0 Å². The molecule has 20 heavy (non-hydrogen) atoms. The molecular formula is C12H15NO5S2. The van der Waals surface area contributed by atoms with Crippen molar-refractivity contribution in [2.45, 2.75) is 6.54 Å². The minimum Gasteiger partial charge on any atom is -0.384 e. The number of nitrogens with one attached hydrogen (secondary N) is 1. The predicted molar refractivity (Wildman–Crippen MR) is 75.9 cm³/mol. The van der Waals surface area contributed by atoms with Crippen LogP contribution >= 0.6 is 0 Å². The summed E-state index contributed by atoms with van der Waals surface area (Å²) in [5, 5.41) is 7.70. The predicted octanol–water partition coefficient (Wildman–Crippen LogP) is -0.548. The molecule has 0 saturated carbocycles. The van der Waals surface area contributed by atoms with Gasteiger partial charge in [0, 0.05) is 18.4 Å². The lowest BCUT2D eigenvalue weighted by Gasteiger charge is -2.07. The molecular weight excluding hydrogens is 302 g/mol. The zero-order chi connectivity index (χ0) is 15.2. The molecule has 0 amide bonds. The Morgan fingerprint density at radius 1 is 1.20 bits per heavy atom. The molecule has 1 aromatic rings. The van der Waals surface area contributed by atoms with Gasteiger partial charge in [-0.25, -0.2) is 21.6 Å². The van der Waals surface area contributed by atoms with E-state index in [0.717, 1.165) is 6.26 Å². The number of aliphatic hydroxyl groups excluding tert-OH is 1. The van der Waals surface area contributed by atoms with Gasteiger partial charge in [0.2, 0.25) is 10.0 Å². The summed E-state index contributed by atoms with van der Waals surface area (Å²) < 4.78 is 47.4. The first-order valence-corrected chi connectivity index (χ1v) is 9.27. The van der Waals surface area contributed by atoms with E-state index in [4.69, 9.17) is 5.11 Å². The van der Waals surface area contributed by atoms with Crippen molar-refractivity contribution >= 4 is 19.9 Å². The first-order valence-electron chi connectivity index (χ1n) is 5.56. The molecule has 1 aromatic carbocycles. The van der Waals surface area contributed by atoms with Crippen LogP contribution in [0, 0.1) is 11.8 Å². The van der Waals surface area contributed by atoms with Crippen molar-refractivity contribution < 1.29 is 21.9 Å². The normalized spacial score (nSPS) is 11.7. The van der Waals surface area contributed by atoms with Gasteiger partial charge in [-0.15, -0.1) is 0 Å². The third-order valence-electron chi connectivity index (χ3n) is 2.17. The molecule has 0 bridgehead atoms. The Morgan fingerprint density at radius 2 is 1.85 bits per heavy atom. The van der Waals surface area contributed by atoms with Gasteiger partial charge >= 0.3 is 0 Å². The van der Waals surface area contributed by atoms with Gasteiger partial charge in [0.1, 0.15) is 6.61 Å². The SMILES string of the molecule is CS(=O)(=O)CS(=O)(=O)NCc1ccccc1C#CCO. The maximum atomic E-state index is 11.6. The van der Waals surface area contributed by atoms with Crippen LogP contribution in [-0.2, 0) is 26.4 Å². The zero-order valence-corrected chi connectivity index (χ0v) is 12.5. The number of rotatable bonds is 5. The van der Waals surface area contributed by atoms with Crippen LogP contribution in [0.15, 0.2) is 24.3 Å². The fourth-order valence-corrected chi connectivity index (χ4v) is 4.41. The molecule has 2 N–H and O–H groups in total. The number of hydrogen-bond donors (Lipinski definition) is 2. The number of aliphatic hydroxyl groups is 1. The lowest BCUT2D eigenvalue weighted by atomic mass is 10.1. The molecule has 110 valence electrons. The lowest BCUT2D eigenvalue weighted by molar-refractivity contribution is 0.350. The standard InChI is InChI=1S/C12H15NO5S2/c1-19(15,16)10-20(17,18)13-9-12-6-3-2-5-11(12)7-4-8-14/h2-3,5-6,13-14H,8-10H2,1H3. The van der Waals surface area contributed by atoms with Crippen molar-refractivity contribution in [2.75, 3.05) is 17.9 Å². The molecule has 0 aliphatic heterocycles. The zero-order valence-electron chi connectivity index (χ0n) is 10.8. The van der Waals surface area contributed by atoms with Crippen molar-refractivity contribution in [2.24, 2.45) is 0 Å². The average molecular weight is 317 g/mol. The van der Waals surface area contributed by atoms with Crippen LogP contribution in [0.4, 0.5) is 0 Å². The second-order valence-electron chi connectivity index (χ2n) is 4.10. The molecule has 0 saturated heterocycles. The fourth-order valence-electron chi connectivity index (χ4n) is 1.44. The summed E-state index contributed by atoms with van der Waals surface area (Å²) in [7, 11) is -7.53. The largest absolute Gasteiger partial charge is 0.384 e. The van der Waals surface area contributed by atoms with Crippen LogP contribution < -0.4 is 4.72 Å². The monoisotopic (exact) mass is 317 g/mol. The van der Waals surface area contributed by atoms with Crippen molar-refractivity contribution in [1.82, 2.24) is 4.72 Å². The molecule has 0 unspecified atom stereocenters. The average Bonchev–Trinajstić information content (AvgIpc) is 2.32. The maximum absolute atomic E-state index is 11.6. The highest BCUT2D eigenvalue weighted by Crippen LogP contribution is 2.07. The first kappa shape index (κ1) is 16.7. The van der Waals surface area contributed by atoms with Gasteiger partial charge in [0.25, 0.3) is 0 Å². The molecule has 0 atom stereocenters. The molecule has 0 heterocycles. The maximum Gasteiger partial charge on any atom is 0.226 e. The number of hydrogen-bond acceptors (Lipinski definition) is 5. The van der Waals surface area contributed by atoms with E-state index in [0.29, 0.717) is 11.1 Å². The Kier molecular flexibility index (Phi) is 5.71. The van der Waals surface area contributed by atoms with Gasteiger partial charge < -0.3 is 5.11 Å².